The second kappa shape index (κ2) is 7.37. The van der Waals surface area contributed by atoms with E-state index in [4.69, 9.17) is 5.10 Å². The van der Waals surface area contributed by atoms with Crippen molar-refractivity contribution in [3.63, 3.8) is 0 Å². The van der Waals surface area contributed by atoms with E-state index in [1.54, 1.807) is 0 Å². The Balaban J connectivity index is 1.67. The van der Waals surface area contributed by atoms with Crippen LogP contribution in [-0.4, -0.2) is 16.0 Å². The molecular weight excluding hydrogens is 400 g/mol. The highest BCUT2D eigenvalue weighted by atomic mass is 79.9. The van der Waals surface area contributed by atoms with Crippen LogP contribution in [0.4, 0.5) is 5.69 Å². The van der Waals surface area contributed by atoms with Crippen LogP contribution < -0.4 is 5.43 Å². The molecule has 0 aliphatic rings. The lowest BCUT2D eigenvalue weighted by atomic mass is 10.1. The Kier molecular flexibility index (Phi) is 4.77. The number of hydrogen-bond donors (Lipinski definition) is 1. The molecule has 1 heterocycles. The zero-order valence-corrected chi connectivity index (χ0v) is 16.7. The van der Waals surface area contributed by atoms with Gasteiger partial charge in [0.05, 0.1) is 29.0 Å². The van der Waals surface area contributed by atoms with Gasteiger partial charge in [-0.15, -0.1) is 0 Å². The standard InChI is InChI=1S/C22H19BrN4/c1-15-21(14-24-25-19-12-10-18(23)11-13-19)16(2)27(26-15)22-9-5-7-17-6-3-4-8-20(17)22/h3-14,25H,1-2H3/b24-14+. The van der Waals surface area contributed by atoms with Crippen molar-refractivity contribution < 1.29 is 0 Å². The van der Waals surface area contributed by atoms with Gasteiger partial charge in [0.25, 0.3) is 0 Å². The molecule has 0 saturated carbocycles. The van der Waals surface area contributed by atoms with Crippen molar-refractivity contribution in [1.82, 2.24) is 9.78 Å². The number of aryl methyl sites for hydroxylation is 1. The zero-order valence-electron chi connectivity index (χ0n) is 15.1. The van der Waals surface area contributed by atoms with Gasteiger partial charge in [0, 0.05) is 15.4 Å². The Labute approximate surface area is 166 Å². The number of halogens is 1. The molecule has 0 spiro atoms. The summed E-state index contributed by atoms with van der Waals surface area (Å²) < 4.78 is 3.04. The molecule has 4 rings (SSSR count). The van der Waals surface area contributed by atoms with E-state index < -0.39 is 0 Å². The highest BCUT2D eigenvalue weighted by Crippen LogP contribution is 2.24. The van der Waals surface area contributed by atoms with E-state index >= 15 is 0 Å². The number of rotatable bonds is 4. The second-order valence-electron chi connectivity index (χ2n) is 6.37. The van der Waals surface area contributed by atoms with Crippen LogP contribution >= 0.6 is 15.9 Å². The SMILES string of the molecule is Cc1nn(-c2cccc3ccccc23)c(C)c1/C=N/Nc1ccc(Br)cc1. The molecule has 0 radical (unpaired) electrons. The first-order valence-corrected chi connectivity index (χ1v) is 9.52. The fraction of sp³-hybridized carbons (Fsp3) is 0.0909. The van der Waals surface area contributed by atoms with E-state index in [9.17, 15) is 0 Å². The molecule has 0 unspecified atom stereocenters. The molecule has 27 heavy (non-hydrogen) atoms. The highest BCUT2D eigenvalue weighted by molar-refractivity contribution is 9.10. The molecular formula is C22H19BrN4. The lowest BCUT2D eigenvalue weighted by Crippen LogP contribution is -2.00. The summed E-state index contributed by atoms with van der Waals surface area (Å²) in [7, 11) is 0. The van der Waals surface area contributed by atoms with Crippen molar-refractivity contribution in [3.8, 4) is 5.69 Å². The van der Waals surface area contributed by atoms with Gasteiger partial charge < -0.3 is 0 Å². The minimum Gasteiger partial charge on any atom is -0.279 e. The summed E-state index contributed by atoms with van der Waals surface area (Å²) in [5.74, 6) is 0. The number of aromatic nitrogens is 2. The number of anilines is 1. The smallest absolute Gasteiger partial charge is 0.0727 e. The van der Waals surface area contributed by atoms with Gasteiger partial charge in [-0.3, -0.25) is 5.43 Å². The molecule has 0 aliphatic carbocycles. The quantitative estimate of drug-likeness (QED) is 0.333. The van der Waals surface area contributed by atoms with Gasteiger partial charge in [-0.25, -0.2) is 4.68 Å². The first-order valence-electron chi connectivity index (χ1n) is 8.72. The number of benzene rings is 3. The maximum absolute atomic E-state index is 4.76. The normalized spacial score (nSPS) is 11.4. The summed E-state index contributed by atoms with van der Waals surface area (Å²) in [6.45, 7) is 4.08. The van der Waals surface area contributed by atoms with Crippen molar-refractivity contribution >= 4 is 38.6 Å². The Morgan fingerprint density at radius 3 is 2.52 bits per heavy atom. The summed E-state index contributed by atoms with van der Waals surface area (Å²) in [6, 6.07) is 22.6. The number of nitrogens with one attached hydrogen (secondary N) is 1. The maximum Gasteiger partial charge on any atom is 0.0727 e. The van der Waals surface area contributed by atoms with Crippen molar-refractivity contribution in [2.75, 3.05) is 5.43 Å². The van der Waals surface area contributed by atoms with Gasteiger partial charge in [-0.05, 0) is 49.6 Å². The second-order valence-corrected chi connectivity index (χ2v) is 7.29. The van der Waals surface area contributed by atoms with Crippen LogP contribution in [0, 0.1) is 13.8 Å². The molecule has 0 aliphatic heterocycles. The van der Waals surface area contributed by atoms with Gasteiger partial charge in [0.2, 0.25) is 0 Å². The van der Waals surface area contributed by atoms with Crippen LogP contribution in [0.25, 0.3) is 16.5 Å². The predicted octanol–water partition coefficient (Wildman–Crippen LogP) is 5.85. The first-order chi connectivity index (χ1) is 13.1. The molecule has 4 aromatic rings. The molecule has 134 valence electrons. The van der Waals surface area contributed by atoms with Crippen LogP contribution in [0.15, 0.2) is 76.3 Å². The Hall–Kier alpha value is -2.92. The van der Waals surface area contributed by atoms with Gasteiger partial charge in [-0.2, -0.15) is 10.2 Å². The van der Waals surface area contributed by atoms with Gasteiger partial charge >= 0.3 is 0 Å². The molecule has 0 saturated heterocycles. The molecule has 3 aromatic carbocycles. The number of hydrogen-bond acceptors (Lipinski definition) is 3. The molecule has 5 heteroatoms. The van der Waals surface area contributed by atoms with Crippen molar-refractivity contribution in [2.24, 2.45) is 5.10 Å². The third-order valence-electron chi connectivity index (χ3n) is 4.57. The van der Waals surface area contributed by atoms with E-state index in [1.165, 1.54) is 10.8 Å². The molecule has 0 amide bonds. The third-order valence-corrected chi connectivity index (χ3v) is 5.10. The minimum absolute atomic E-state index is 0.936. The van der Waals surface area contributed by atoms with E-state index in [1.807, 2.05) is 42.1 Å². The van der Waals surface area contributed by atoms with Crippen molar-refractivity contribution in [2.45, 2.75) is 13.8 Å². The topological polar surface area (TPSA) is 42.2 Å². The summed E-state index contributed by atoms with van der Waals surface area (Å²) in [5.41, 5.74) is 8.11. The van der Waals surface area contributed by atoms with Crippen molar-refractivity contribution in [3.05, 3.63) is 88.2 Å². The molecule has 1 N–H and O–H groups in total. The fourth-order valence-electron chi connectivity index (χ4n) is 3.16. The highest BCUT2D eigenvalue weighted by Gasteiger charge is 2.13. The molecule has 0 atom stereocenters. The molecule has 0 fully saturated rings. The number of nitrogens with zero attached hydrogens (tertiary/aromatic N) is 3. The average Bonchev–Trinajstić information content (AvgIpc) is 2.97. The Bertz CT molecular complexity index is 1120. The van der Waals surface area contributed by atoms with Gasteiger partial charge in [0.15, 0.2) is 0 Å². The first kappa shape index (κ1) is 17.5. The lowest BCUT2D eigenvalue weighted by molar-refractivity contribution is 0.839. The average molecular weight is 419 g/mol. The zero-order chi connectivity index (χ0) is 18.8. The predicted molar refractivity (Wildman–Crippen MR) is 116 cm³/mol. The van der Waals surface area contributed by atoms with E-state index in [-0.39, 0.29) is 0 Å². The van der Waals surface area contributed by atoms with Gasteiger partial charge in [0.1, 0.15) is 0 Å². The fourth-order valence-corrected chi connectivity index (χ4v) is 3.43. The molecule has 0 bridgehead atoms. The number of fused-ring (bicyclic) bond motifs is 1. The maximum atomic E-state index is 4.76. The van der Waals surface area contributed by atoms with Crippen LogP contribution in [0.2, 0.25) is 0 Å². The van der Waals surface area contributed by atoms with Gasteiger partial charge in [-0.1, -0.05) is 52.3 Å². The third kappa shape index (κ3) is 3.51. The molecule has 4 nitrogen and oxygen atoms in total. The van der Waals surface area contributed by atoms with E-state index in [2.05, 4.69) is 75.8 Å². The molecule has 1 aromatic heterocycles. The van der Waals surface area contributed by atoms with Crippen LogP contribution in [0.3, 0.4) is 0 Å². The monoisotopic (exact) mass is 418 g/mol. The largest absolute Gasteiger partial charge is 0.279 e. The summed E-state index contributed by atoms with van der Waals surface area (Å²) in [6.07, 6.45) is 1.83. The summed E-state index contributed by atoms with van der Waals surface area (Å²) in [4.78, 5) is 0. The number of hydrazone groups is 1. The van der Waals surface area contributed by atoms with E-state index in [0.29, 0.717) is 0 Å². The summed E-state index contributed by atoms with van der Waals surface area (Å²) in [5, 5.41) is 11.5. The lowest BCUT2D eigenvalue weighted by Gasteiger charge is -2.08. The van der Waals surface area contributed by atoms with Crippen LogP contribution in [0.5, 0.6) is 0 Å². The summed E-state index contributed by atoms with van der Waals surface area (Å²) >= 11 is 3.43. The van der Waals surface area contributed by atoms with Crippen molar-refractivity contribution in [1.29, 1.82) is 0 Å². The van der Waals surface area contributed by atoms with E-state index in [0.717, 1.165) is 32.8 Å². The Morgan fingerprint density at radius 1 is 0.963 bits per heavy atom. The van der Waals surface area contributed by atoms with Crippen LogP contribution in [-0.2, 0) is 0 Å². The Morgan fingerprint density at radius 2 is 1.70 bits per heavy atom. The minimum atomic E-state index is 0.936. The van der Waals surface area contributed by atoms with Crippen LogP contribution in [0.1, 0.15) is 17.0 Å².